The molecular weight excluding hydrogens is 393 g/mol. The molecule has 1 N–H and O–H groups in total. The third kappa shape index (κ3) is 7.24. The van der Waals surface area contributed by atoms with Crippen molar-refractivity contribution in [1.29, 1.82) is 0 Å². The van der Waals surface area contributed by atoms with Gasteiger partial charge in [0.15, 0.2) is 0 Å². The van der Waals surface area contributed by atoms with Crippen LogP contribution in [0.25, 0.3) is 0 Å². The predicted octanol–water partition coefficient (Wildman–Crippen LogP) is 4.67. The molecule has 0 atom stereocenters. The van der Waals surface area contributed by atoms with Crippen molar-refractivity contribution >= 4 is 6.03 Å². The molecule has 1 heterocycles. The Morgan fingerprint density at radius 2 is 1.81 bits per heavy atom. The van der Waals surface area contributed by atoms with Gasteiger partial charge in [0.1, 0.15) is 11.6 Å². The molecule has 0 aromatic heterocycles. The van der Waals surface area contributed by atoms with Crippen LogP contribution in [0.15, 0.2) is 48.5 Å². The zero-order valence-electron chi connectivity index (χ0n) is 26.0. The van der Waals surface area contributed by atoms with E-state index in [0.717, 1.165) is 4.90 Å². The lowest BCUT2D eigenvalue weighted by molar-refractivity contribution is 0.127. The van der Waals surface area contributed by atoms with Gasteiger partial charge >= 0.3 is 6.03 Å². The second kappa shape index (κ2) is 11.1. The van der Waals surface area contributed by atoms with Gasteiger partial charge in [-0.25, -0.2) is 9.18 Å². The van der Waals surface area contributed by atoms with Crippen LogP contribution in [0.5, 0.6) is 5.75 Å². The van der Waals surface area contributed by atoms with E-state index in [-0.39, 0.29) is 30.7 Å². The van der Waals surface area contributed by atoms with Crippen LogP contribution in [0, 0.1) is 11.7 Å². The first-order valence-corrected chi connectivity index (χ1v) is 10.2. The average molecular weight is 436 g/mol. The highest BCUT2D eigenvalue weighted by Crippen LogP contribution is 2.19. The molecule has 1 saturated heterocycles. The molecule has 1 aliphatic rings. The number of hydrogen-bond acceptors (Lipinski definition) is 3. The SMILES string of the molecule is [2H]C([2H])(NC(=O)N(Cc1ccc(F)cc1)C1CC([2H])([2H])N(C)C([2H])([2H])C1)c1ccc(OC([2H])([2H])C(C)C)cc1. The molecule has 0 radical (unpaired) electrons. The van der Waals surface area contributed by atoms with E-state index >= 15 is 0 Å². The quantitative estimate of drug-likeness (QED) is 0.656. The van der Waals surface area contributed by atoms with Crippen LogP contribution in [0.3, 0.4) is 0 Å². The van der Waals surface area contributed by atoms with Gasteiger partial charge in [-0.05, 0) is 74.2 Å². The summed E-state index contributed by atoms with van der Waals surface area (Å²) in [6.45, 7) is -5.27. The summed E-state index contributed by atoms with van der Waals surface area (Å²) >= 11 is 0. The van der Waals surface area contributed by atoms with Crippen molar-refractivity contribution < 1.29 is 24.9 Å². The molecule has 0 saturated carbocycles. The number of benzene rings is 2. The van der Waals surface area contributed by atoms with E-state index in [0.29, 0.717) is 5.56 Å². The highest BCUT2D eigenvalue weighted by atomic mass is 19.1. The third-order valence-corrected chi connectivity index (χ3v) is 4.68. The smallest absolute Gasteiger partial charge is 0.318 e. The largest absolute Gasteiger partial charge is 0.493 e. The molecular formula is C25H34FN3O2. The minimum atomic E-state index is -2.39. The van der Waals surface area contributed by atoms with Crippen molar-refractivity contribution in [3.05, 3.63) is 65.5 Å². The van der Waals surface area contributed by atoms with Gasteiger partial charge in [0.25, 0.3) is 0 Å². The van der Waals surface area contributed by atoms with Crippen LogP contribution in [-0.4, -0.2) is 48.5 Å². The molecule has 0 spiro atoms. The fourth-order valence-corrected chi connectivity index (χ4v) is 2.98. The Hall–Kier alpha value is -2.60. The van der Waals surface area contributed by atoms with Crippen LogP contribution in [0.1, 0.15) is 48.8 Å². The van der Waals surface area contributed by atoms with Gasteiger partial charge in [0.2, 0.25) is 0 Å². The molecule has 1 fully saturated rings. The number of carbonyl (C=O) groups is 1. The maximum absolute atomic E-state index is 13.5. The molecule has 2 aromatic rings. The summed E-state index contributed by atoms with van der Waals surface area (Å²) in [6, 6.07) is 9.04. The summed E-state index contributed by atoms with van der Waals surface area (Å²) in [7, 11) is 1.33. The summed E-state index contributed by atoms with van der Waals surface area (Å²) in [5, 5.41) is 2.33. The van der Waals surface area contributed by atoms with E-state index in [1.165, 1.54) is 60.5 Å². The van der Waals surface area contributed by atoms with Gasteiger partial charge in [0.05, 0.1) is 12.0 Å². The van der Waals surface area contributed by atoms with E-state index < -0.39 is 49.9 Å². The lowest BCUT2D eigenvalue weighted by atomic mass is 10.0. The van der Waals surface area contributed by atoms with E-state index in [1.807, 2.05) is 0 Å². The molecule has 5 nitrogen and oxygen atoms in total. The fraction of sp³-hybridized carbons (Fsp3) is 0.480. The first-order chi connectivity index (χ1) is 17.8. The zero-order valence-corrected chi connectivity index (χ0v) is 18.0. The molecule has 0 bridgehead atoms. The van der Waals surface area contributed by atoms with Crippen LogP contribution in [0.2, 0.25) is 0 Å². The van der Waals surface area contributed by atoms with Crippen molar-refractivity contribution in [1.82, 2.24) is 15.1 Å². The predicted molar refractivity (Wildman–Crippen MR) is 121 cm³/mol. The summed E-state index contributed by atoms with van der Waals surface area (Å²) in [5.74, 6) is -0.716. The Balaban J connectivity index is 1.86. The number of urea groups is 1. The second-order valence-corrected chi connectivity index (χ2v) is 7.65. The molecule has 1 aliphatic heterocycles. The van der Waals surface area contributed by atoms with Crippen LogP contribution in [0.4, 0.5) is 9.18 Å². The number of halogens is 1. The molecule has 2 amide bonds. The van der Waals surface area contributed by atoms with Gasteiger partial charge < -0.3 is 19.9 Å². The first-order valence-electron chi connectivity index (χ1n) is 14.2. The number of nitrogens with zero attached hydrogens (tertiary/aromatic N) is 2. The third-order valence-electron chi connectivity index (χ3n) is 4.68. The number of hydrogen-bond donors (Lipinski definition) is 1. The number of piperidine rings is 1. The summed E-state index contributed by atoms with van der Waals surface area (Å²) in [5.41, 5.74) is 0.567. The van der Waals surface area contributed by atoms with Crippen molar-refractivity contribution in [2.24, 2.45) is 5.92 Å². The molecule has 0 aliphatic carbocycles. The highest BCUT2D eigenvalue weighted by molar-refractivity contribution is 5.74. The minimum absolute atomic E-state index is 0.0593. The van der Waals surface area contributed by atoms with Gasteiger partial charge in [-0.2, -0.15) is 0 Å². The average Bonchev–Trinajstić information content (AvgIpc) is 2.81. The standard InChI is InChI=1S/C25H34FN3O2/c1-19(2)18-31-24-10-6-20(7-11-24)16-27-25(30)29(23-12-14-28(3)15-13-23)17-21-4-8-22(26)9-5-21/h4-11,19,23H,12-18H2,1-3H3,(H,27,30)/i14D2,15D2,16D2,18D2. The monoisotopic (exact) mass is 435 g/mol. The van der Waals surface area contributed by atoms with Gasteiger partial charge in [-0.1, -0.05) is 38.1 Å². The maximum atomic E-state index is 13.5. The lowest BCUT2D eigenvalue weighted by Gasteiger charge is -2.37. The number of ether oxygens (including phenoxy) is 1. The van der Waals surface area contributed by atoms with Crippen LogP contribution < -0.4 is 10.1 Å². The second-order valence-electron chi connectivity index (χ2n) is 7.65. The van der Waals surface area contributed by atoms with Crippen molar-refractivity contribution in [3.8, 4) is 5.75 Å². The number of likely N-dealkylation sites (tertiary alicyclic amines) is 1. The van der Waals surface area contributed by atoms with Crippen molar-refractivity contribution in [3.63, 3.8) is 0 Å². The lowest BCUT2D eigenvalue weighted by Crippen LogP contribution is -2.49. The molecule has 2 aromatic carbocycles. The summed E-state index contributed by atoms with van der Waals surface area (Å²) in [6.07, 6.45) is -0.435. The Kier molecular flexibility index (Phi) is 5.20. The summed E-state index contributed by atoms with van der Waals surface area (Å²) < 4.78 is 85.0. The highest BCUT2D eigenvalue weighted by Gasteiger charge is 2.27. The topological polar surface area (TPSA) is 44.8 Å². The maximum Gasteiger partial charge on any atom is 0.318 e. The number of rotatable bonds is 8. The van der Waals surface area contributed by atoms with Crippen LogP contribution in [-0.2, 0) is 13.0 Å². The molecule has 0 unspecified atom stereocenters. The molecule has 31 heavy (non-hydrogen) atoms. The van der Waals surface area contributed by atoms with Crippen molar-refractivity contribution in [2.75, 3.05) is 26.6 Å². The Morgan fingerprint density at radius 3 is 2.42 bits per heavy atom. The van der Waals surface area contributed by atoms with E-state index in [9.17, 15) is 9.18 Å². The fourth-order valence-electron chi connectivity index (χ4n) is 2.98. The van der Waals surface area contributed by atoms with Gasteiger partial charge in [-0.3, -0.25) is 0 Å². The minimum Gasteiger partial charge on any atom is -0.493 e. The van der Waals surface area contributed by atoms with Crippen molar-refractivity contribution in [2.45, 2.75) is 45.8 Å². The molecule has 3 rings (SSSR count). The first kappa shape index (κ1) is 14.5. The Morgan fingerprint density at radius 1 is 1.19 bits per heavy atom. The zero-order chi connectivity index (χ0) is 29.4. The number of nitrogens with one attached hydrogen (secondary N) is 1. The number of carbonyl (C=O) groups excluding carboxylic acids is 1. The molecule has 168 valence electrons. The van der Waals surface area contributed by atoms with E-state index in [4.69, 9.17) is 15.7 Å². The van der Waals surface area contributed by atoms with Gasteiger partial charge in [0, 0.05) is 24.6 Å². The Labute approximate surface area is 196 Å². The van der Waals surface area contributed by atoms with Gasteiger partial charge in [-0.15, -0.1) is 0 Å². The Bertz CT molecular complexity index is 1130. The number of amides is 2. The van der Waals surface area contributed by atoms with Crippen LogP contribution >= 0.6 is 0 Å². The molecule has 6 heteroatoms. The van der Waals surface area contributed by atoms with E-state index in [1.54, 1.807) is 13.8 Å². The van der Waals surface area contributed by atoms with E-state index in [2.05, 4.69) is 5.32 Å². The summed E-state index contributed by atoms with van der Waals surface area (Å²) in [4.78, 5) is 15.7. The normalized spacial score (nSPS) is 23.1.